The second-order valence-electron chi connectivity index (χ2n) is 39.7. The number of unbranched alkanes of at least 4 members (excludes halogenated alkanes) is 8. The van der Waals surface area contributed by atoms with Crippen LogP contribution in [0.2, 0.25) is 0 Å². The number of aromatic carboxylic acids is 2. The van der Waals surface area contributed by atoms with Gasteiger partial charge in [0.05, 0.1) is 28.0 Å². The third-order valence-corrected chi connectivity index (χ3v) is 29.3. The molecule has 20 atom stereocenters. The van der Waals surface area contributed by atoms with Gasteiger partial charge in [-0.05, 0) is 297 Å². The minimum atomic E-state index is -1.13. The predicted octanol–water partition coefficient (Wildman–Crippen LogP) is 22.1. The highest BCUT2D eigenvalue weighted by molar-refractivity contribution is 5.95. The number of rotatable bonds is 25. The maximum atomic E-state index is 12.1. The highest BCUT2D eigenvalue weighted by Gasteiger charge is 2.60. The monoisotopic (exact) mass is 1710 g/mol. The minimum Gasteiger partial charge on any atom is -0.508 e. The van der Waals surface area contributed by atoms with Crippen molar-refractivity contribution in [1.82, 2.24) is 0 Å². The van der Waals surface area contributed by atoms with E-state index in [4.69, 9.17) is 23.7 Å². The fraction of sp³-hybridized carbons (Fsp3) is 0.600. The van der Waals surface area contributed by atoms with Crippen LogP contribution in [-0.2, 0) is 32.1 Å². The van der Waals surface area contributed by atoms with E-state index in [0.29, 0.717) is 90.2 Å². The Hall–Kier alpha value is -8.46. The molecule has 10 aliphatic rings. The maximum absolute atomic E-state index is 12.1. The normalized spacial score (nSPS) is 30.6. The first kappa shape index (κ1) is 96.2. The van der Waals surface area contributed by atoms with Gasteiger partial charge < -0.3 is 85.0 Å². The maximum Gasteiger partial charge on any atom is 0.339 e. The highest BCUT2D eigenvalue weighted by Crippen LogP contribution is 2.63. The number of hydrogen-bond acceptors (Lipinski definition) is 17. The van der Waals surface area contributed by atoms with Crippen LogP contribution < -0.4 is 23.7 Å². The molecule has 5 aromatic rings. The number of phenolic OH excluding ortho intramolecular Hbond substituents is 4. The highest BCUT2D eigenvalue weighted by atomic mass is 16.5. The van der Waals surface area contributed by atoms with E-state index in [1.54, 1.807) is 26.0 Å². The molecule has 0 spiro atoms. The summed E-state index contributed by atoms with van der Waals surface area (Å²) in [5.41, 5.74) is 8.73. The Labute approximate surface area is 737 Å². The molecule has 0 saturated heterocycles. The second-order valence-corrected chi connectivity index (χ2v) is 39.7. The number of carboxylic acids is 2. The fourth-order valence-electron chi connectivity index (χ4n) is 22.5. The molecule has 15 rings (SSSR count). The van der Waals surface area contributed by atoms with Crippen molar-refractivity contribution in [3.63, 3.8) is 0 Å². The molecule has 0 unspecified atom stereocenters. The average Bonchev–Trinajstić information content (AvgIpc) is 1.60. The molecule has 0 aromatic heterocycles. The van der Waals surface area contributed by atoms with Crippen molar-refractivity contribution >= 4 is 11.9 Å². The van der Waals surface area contributed by atoms with E-state index in [-0.39, 0.29) is 106 Å². The van der Waals surface area contributed by atoms with E-state index in [1.165, 1.54) is 25.7 Å². The van der Waals surface area contributed by atoms with Gasteiger partial charge in [0.15, 0.2) is 0 Å². The van der Waals surface area contributed by atoms with Crippen LogP contribution in [0.25, 0.3) is 0 Å². The predicted molar refractivity (Wildman–Crippen MR) is 488 cm³/mol. The number of aromatic hydroxyl groups is 5. The molecule has 5 aliphatic carbocycles. The van der Waals surface area contributed by atoms with Crippen LogP contribution in [0.3, 0.4) is 0 Å². The van der Waals surface area contributed by atoms with Crippen LogP contribution in [0.15, 0.2) is 109 Å². The second kappa shape index (κ2) is 39.0. The number of allylic oxidation sites excluding steroid dienone is 5. The van der Waals surface area contributed by atoms with Gasteiger partial charge in [0.2, 0.25) is 0 Å². The first-order chi connectivity index (χ1) is 58.4. The average molecular weight is 1710 g/mol. The molecule has 124 heavy (non-hydrogen) atoms. The first-order valence-electron chi connectivity index (χ1n) is 46.5. The number of benzene rings is 5. The molecule has 0 amide bonds. The molecule has 5 aliphatic heterocycles. The summed E-state index contributed by atoms with van der Waals surface area (Å²) in [5.74, 6) is 1.82. The number of carbonyl (C=O) groups is 2. The van der Waals surface area contributed by atoms with Crippen molar-refractivity contribution in [3.8, 4) is 57.5 Å². The van der Waals surface area contributed by atoms with Gasteiger partial charge in [-0.15, -0.1) is 0 Å². The number of ether oxygens (including phenoxy) is 5. The van der Waals surface area contributed by atoms with Crippen molar-refractivity contribution < 1.29 is 94.6 Å². The molecule has 0 bridgehead atoms. The summed E-state index contributed by atoms with van der Waals surface area (Å²) >= 11 is 0. The van der Waals surface area contributed by atoms with Gasteiger partial charge in [0.25, 0.3) is 0 Å². The van der Waals surface area contributed by atoms with E-state index in [2.05, 4.69) is 79.6 Å². The number of fused-ring (bicyclic) bond motifs is 15. The van der Waals surface area contributed by atoms with Crippen LogP contribution >= 0.6 is 0 Å². The molecular weight excluding hydrogens is 1570 g/mol. The molecule has 19 heteroatoms. The van der Waals surface area contributed by atoms with Crippen molar-refractivity contribution in [2.24, 2.45) is 29.6 Å². The number of carboxylic acid groups (broad SMARTS) is 2. The lowest BCUT2D eigenvalue weighted by Gasteiger charge is -2.42. The van der Waals surface area contributed by atoms with Crippen molar-refractivity contribution in [2.75, 3.05) is 0 Å². The van der Waals surface area contributed by atoms with E-state index in [9.17, 15) is 70.9 Å². The van der Waals surface area contributed by atoms with Crippen LogP contribution in [0.1, 0.15) is 357 Å². The Balaban J connectivity index is 0.000000151. The lowest BCUT2D eigenvalue weighted by Crippen LogP contribution is -2.50. The molecule has 5 saturated carbocycles. The Morgan fingerprint density at radius 3 is 0.879 bits per heavy atom. The minimum absolute atomic E-state index is 0.00748. The molecule has 5 heterocycles. The number of phenols is 5. The smallest absolute Gasteiger partial charge is 0.339 e. The van der Waals surface area contributed by atoms with Crippen LogP contribution in [0, 0.1) is 29.6 Å². The standard InChI is InChI=1S/2C22H30O5.2C21H30O3.C19H26O3/c1-5-6-7-8-13-11-15-18(19(23)16(13)21(24)25)17-14(12(2)3)9-10-22(4,26)20(17)27-15;1-5-6-7-8-13-11-15(23)18-17-14(12(2)3)9-10-22(4,26)20(17)27-19(18)16(13)21(24)25;2*1-5-6-7-8-14-11-16(22)19-17(12-14)24-20-18(19)15(13(2)3)9-10-21(20,4)23;1-5-6-12-9-14(20)17-15(10-12)22-18-16(17)13(11(2)3)7-8-19(18,4)21/h2*11,14,17,20,23,26H,2,5-10H2,1,3-4H3,(H,24,25);2*11-12,15,18,20,22-23H,2,5-10H2,1,3-4H3;9-10,13,16,18,20-21H,2,5-8H2,1,3-4H3/t2*14-,17+,20-,22-;2*15-,18+,20-,21-;13-,16+,18-,19-/m00000/s1. The van der Waals surface area contributed by atoms with E-state index in [0.717, 1.165) is 188 Å². The zero-order valence-corrected chi connectivity index (χ0v) is 76.8. The fourth-order valence-corrected chi connectivity index (χ4v) is 22.5. The third kappa shape index (κ3) is 19.6. The summed E-state index contributed by atoms with van der Waals surface area (Å²) < 4.78 is 30.7. The molecule has 19 nitrogen and oxygen atoms in total. The Morgan fingerprint density at radius 1 is 0.331 bits per heavy atom. The number of aryl methyl sites for hydroxylation is 5. The SMILES string of the molecule is C=C(C)[C@@H]1CC[C@](C)(O)[C@H]2Oc3c(C(=O)O)c(CCCCC)cc(O)c3[C@@H]12.C=C(C)[C@@H]1CC[C@](C)(O)[C@H]2Oc3cc(CCC)cc(O)c3[C@@H]12.C=C(C)[C@@H]1CC[C@](C)(O)[C@H]2Oc3cc(CCCCC)c(C(=O)O)c(O)c3[C@@H]12.C=C(C)[C@@H]1CC[C@](C)(O)[C@H]2Oc3cc(CCCCC)cc(O)c3[C@@H]12.C=C(C)[C@@H]1CC[C@](C)(O)[C@H]2Oc3cc(CCCCC)cc(O)c3[C@@H]12. The Morgan fingerprint density at radius 2 is 0.589 bits per heavy atom. The summed E-state index contributed by atoms with van der Waals surface area (Å²) in [6.07, 6.45) is 23.0. The largest absolute Gasteiger partial charge is 0.508 e. The van der Waals surface area contributed by atoms with Crippen LogP contribution in [-0.4, -0.2) is 132 Å². The topological polar surface area (TPSA) is 323 Å². The molecular formula is C105H146O19. The van der Waals surface area contributed by atoms with Gasteiger partial charge in [-0.1, -0.05) is 153 Å². The lowest BCUT2D eigenvalue weighted by atomic mass is 9.66. The quantitative estimate of drug-likeness (QED) is 0.0191. The van der Waals surface area contributed by atoms with Crippen LogP contribution in [0.5, 0.6) is 57.5 Å². The van der Waals surface area contributed by atoms with Gasteiger partial charge in [0, 0.05) is 57.4 Å². The van der Waals surface area contributed by atoms with Gasteiger partial charge >= 0.3 is 11.9 Å². The molecule has 5 aromatic carbocycles. The molecule has 0 radical (unpaired) electrons. The summed E-state index contributed by atoms with van der Waals surface area (Å²) in [6, 6.07) is 15.1. The summed E-state index contributed by atoms with van der Waals surface area (Å²) in [4.78, 5) is 24.0. The van der Waals surface area contributed by atoms with Gasteiger partial charge in [-0.3, -0.25) is 0 Å². The summed E-state index contributed by atoms with van der Waals surface area (Å²) in [6.45, 7) is 50.2. The number of hydrogen-bond donors (Lipinski definition) is 12. The zero-order chi connectivity index (χ0) is 90.9. The van der Waals surface area contributed by atoms with Gasteiger partial charge in [-0.25, -0.2) is 9.59 Å². The Kier molecular flexibility index (Phi) is 30.3. The van der Waals surface area contributed by atoms with Crippen molar-refractivity contribution in [3.05, 3.63) is 176 Å². The van der Waals surface area contributed by atoms with Crippen LogP contribution in [0.4, 0.5) is 0 Å². The number of aliphatic hydroxyl groups is 5. The van der Waals surface area contributed by atoms with E-state index < -0.39 is 52.2 Å². The lowest BCUT2D eigenvalue weighted by molar-refractivity contribution is -0.0827. The van der Waals surface area contributed by atoms with Crippen molar-refractivity contribution in [2.45, 2.75) is 372 Å². The third-order valence-electron chi connectivity index (χ3n) is 29.3. The summed E-state index contributed by atoms with van der Waals surface area (Å²) in [5, 5.41) is 127. The summed E-state index contributed by atoms with van der Waals surface area (Å²) in [7, 11) is 0. The zero-order valence-electron chi connectivity index (χ0n) is 76.8. The molecule has 5 fully saturated rings. The van der Waals surface area contributed by atoms with E-state index >= 15 is 0 Å². The molecule has 680 valence electrons. The molecule has 12 N–H and O–H groups in total. The Bertz CT molecular complexity index is 4620. The van der Waals surface area contributed by atoms with Gasteiger partial charge in [0.1, 0.15) is 99.1 Å². The van der Waals surface area contributed by atoms with Gasteiger partial charge in [-0.2, -0.15) is 0 Å². The van der Waals surface area contributed by atoms with Crippen molar-refractivity contribution in [1.29, 1.82) is 0 Å². The first-order valence-corrected chi connectivity index (χ1v) is 46.5. The van der Waals surface area contributed by atoms with E-state index in [1.807, 2.05) is 79.7 Å².